The minimum Gasteiger partial charge on any atom is -0.336 e. The standard InChI is InChI=1S/C14H24N2O/c1-4-14(17)16-10-13(12(16)3)9-15-7-5-11(2)6-8-15/h4,11-13H,1,5-10H2,2-3H3. The summed E-state index contributed by atoms with van der Waals surface area (Å²) < 4.78 is 0. The maximum atomic E-state index is 11.5. The van der Waals surface area contributed by atoms with E-state index in [-0.39, 0.29) is 5.91 Å². The van der Waals surface area contributed by atoms with E-state index in [9.17, 15) is 4.79 Å². The fraction of sp³-hybridized carbons (Fsp3) is 0.786. The molecule has 2 aliphatic rings. The Morgan fingerprint density at radius 2 is 2.00 bits per heavy atom. The molecule has 96 valence electrons. The molecule has 2 saturated heterocycles. The van der Waals surface area contributed by atoms with E-state index in [4.69, 9.17) is 0 Å². The molecule has 2 rings (SSSR count). The number of hydrogen-bond acceptors (Lipinski definition) is 2. The number of amides is 1. The van der Waals surface area contributed by atoms with Gasteiger partial charge in [-0.25, -0.2) is 0 Å². The van der Waals surface area contributed by atoms with E-state index in [1.54, 1.807) is 0 Å². The van der Waals surface area contributed by atoms with Gasteiger partial charge in [0.15, 0.2) is 0 Å². The second-order valence-electron chi connectivity index (χ2n) is 5.68. The number of carbonyl (C=O) groups excluding carboxylic acids is 1. The molecule has 3 nitrogen and oxygen atoms in total. The van der Waals surface area contributed by atoms with Crippen LogP contribution in [0.2, 0.25) is 0 Å². The molecule has 0 aromatic rings. The highest BCUT2D eigenvalue weighted by atomic mass is 16.2. The zero-order chi connectivity index (χ0) is 12.4. The molecule has 0 spiro atoms. The minimum atomic E-state index is 0.0843. The average Bonchev–Trinajstić information content (AvgIpc) is 2.35. The topological polar surface area (TPSA) is 23.6 Å². The van der Waals surface area contributed by atoms with Gasteiger partial charge in [-0.2, -0.15) is 0 Å². The first kappa shape index (κ1) is 12.6. The normalized spacial score (nSPS) is 31.1. The van der Waals surface area contributed by atoms with Gasteiger partial charge in [0.2, 0.25) is 5.91 Å². The molecule has 1 amide bonds. The van der Waals surface area contributed by atoms with Crippen LogP contribution in [0.3, 0.4) is 0 Å². The molecule has 2 aliphatic heterocycles. The summed E-state index contributed by atoms with van der Waals surface area (Å²) in [7, 11) is 0. The maximum Gasteiger partial charge on any atom is 0.246 e. The van der Waals surface area contributed by atoms with Crippen molar-refractivity contribution >= 4 is 5.91 Å². The van der Waals surface area contributed by atoms with E-state index in [1.807, 2.05) is 4.90 Å². The van der Waals surface area contributed by atoms with Crippen molar-refractivity contribution in [3.05, 3.63) is 12.7 Å². The van der Waals surface area contributed by atoms with Gasteiger partial charge in [-0.1, -0.05) is 13.5 Å². The van der Waals surface area contributed by atoms with Crippen molar-refractivity contribution in [3.63, 3.8) is 0 Å². The molecule has 0 saturated carbocycles. The molecule has 0 aliphatic carbocycles. The molecular weight excluding hydrogens is 212 g/mol. The average molecular weight is 236 g/mol. The second kappa shape index (κ2) is 5.21. The van der Waals surface area contributed by atoms with Gasteiger partial charge in [0, 0.05) is 25.0 Å². The molecule has 0 bridgehead atoms. The lowest BCUT2D eigenvalue weighted by molar-refractivity contribution is -0.138. The van der Waals surface area contributed by atoms with Gasteiger partial charge >= 0.3 is 0 Å². The second-order valence-corrected chi connectivity index (χ2v) is 5.68. The van der Waals surface area contributed by atoms with E-state index >= 15 is 0 Å². The van der Waals surface area contributed by atoms with Crippen molar-refractivity contribution in [2.24, 2.45) is 11.8 Å². The SMILES string of the molecule is C=CC(=O)N1CC(CN2CCC(C)CC2)C1C. The van der Waals surface area contributed by atoms with Crippen LogP contribution in [0.25, 0.3) is 0 Å². The number of nitrogens with zero attached hydrogens (tertiary/aromatic N) is 2. The van der Waals surface area contributed by atoms with Crippen molar-refractivity contribution < 1.29 is 4.79 Å². The van der Waals surface area contributed by atoms with E-state index in [0.29, 0.717) is 12.0 Å². The quantitative estimate of drug-likeness (QED) is 0.697. The highest BCUT2D eigenvalue weighted by molar-refractivity contribution is 5.87. The van der Waals surface area contributed by atoms with Crippen molar-refractivity contribution in [2.45, 2.75) is 32.7 Å². The van der Waals surface area contributed by atoms with Crippen LogP contribution in [0.15, 0.2) is 12.7 Å². The van der Waals surface area contributed by atoms with Crippen LogP contribution < -0.4 is 0 Å². The summed E-state index contributed by atoms with van der Waals surface area (Å²) in [6.45, 7) is 12.6. The third-order valence-electron chi connectivity index (χ3n) is 4.43. The van der Waals surface area contributed by atoms with Crippen LogP contribution in [0.1, 0.15) is 26.7 Å². The Morgan fingerprint density at radius 3 is 2.53 bits per heavy atom. The molecule has 0 radical (unpaired) electrons. The fourth-order valence-corrected chi connectivity index (χ4v) is 2.88. The van der Waals surface area contributed by atoms with Crippen molar-refractivity contribution in [2.75, 3.05) is 26.2 Å². The summed E-state index contributed by atoms with van der Waals surface area (Å²) in [6.07, 6.45) is 4.09. The summed E-state index contributed by atoms with van der Waals surface area (Å²) in [4.78, 5) is 16.0. The van der Waals surface area contributed by atoms with Gasteiger partial charge in [0.05, 0.1) is 0 Å². The van der Waals surface area contributed by atoms with E-state index in [0.717, 1.165) is 19.0 Å². The van der Waals surface area contributed by atoms with Crippen LogP contribution in [-0.2, 0) is 4.79 Å². The molecule has 2 heterocycles. The zero-order valence-electron chi connectivity index (χ0n) is 11.1. The number of hydrogen-bond donors (Lipinski definition) is 0. The highest BCUT2D eigenvalue weighted by Crippen LogP contribution is 2.27. The number of rotatable bonds is 3. The molecule has 2 fully saturated rings. The van der Waals surface area contributed by atoms with Gasteiger partial charge in [-0.15, -0.1) is 0 Å². The number of carbonyl (C=O) groups is 1. The number of piperidine rings is 1. The lowest BCUT2D eigenvalue weighted by Crippen LogP contribution is -2.60. The van der Waals surface area contributed by atoms with E-state index in [2.05, 4.69) is 25.3 Å². The smallest absolute Gasteiger partial charge is 0.246 e. The summed E-state index contributed by atoms with van der Waals surface area (Å²) >= 11 is 0. The summed E-state index contributed by atoms with van der Waals surface area (Å²) in [5, 5.41) is 0. The Bertz CT molecular complexity index is 295. The van der Waals surface area contributed by atoms with Gasteiger partial charge in [0.1, 0.15) is 0 Å². The van der Waals surface area contributed by atoms with Crippen LogP contribution in [0.5, 0.6) is 0 Å². The molecule has 3 heteroatoms. The van der Waals surface area contributed by atoms with Crippen LogP contribution in [-0.4, -0.2) is 47.9 Å². The first-order chi connectivity index (χ1) is 8.11. The third kappa shape index (κ3) is 2.71. The highest BCUT2D eigenvalue weighted by Gasteiger charge is 2.38. The lowest BCUT2D eigenvalue weighted by atomic mass is 9.88. The Balaban J connectivity index is 1.75. The largest absolute Gasteiger partial charge is 0.336 e. The molecule has 0 N–H and O–H groups in total. The zero-order valence-corrected chi connectivity index (χ0v) is 11.1. The predicted molar refractivity (Wildman–Crippen MR) is 69.7 cm³/mol. The van der Waals surface area contributed by atoms with E-state index in [1.165, 1.54) is 32.0 Å². The van der Waals surface area contributed by atoms with Crippen LogP contribution >= 0.6 is 0 Å². The van der Waals surface area contributed by atoms with Gasteiger partial charge in [-0.05, 0) is 44.8 Å². The Hall–Kier alpha value is -0.830. The lowest BCUT2D eigenvalue weighted by Gasteiger charge is -2.48. The first-order valence-electron chi connectivity index (χ1n) is 6.77. The van der Waals surface area contributed by atoms with Crippen LogP contribution in [0, 0.1) is 11.8 Å². The molecule has 17 heavy (non-hydrogen) atoms. The van der Waals surface area contributed by atoms with Crippen molar-refractivity contribution in [1.82, 2.24) is 9.80 Å². The third-order valence-corrected chi connectivity index (χ3v) is 4.43. The maximum absolute atomic E-state index is 11.5. The molecule has 2 unspecified atom stereocenters. The van der Waals surface area contributed by atoms with Gasteiger partial charge in [0.25, 0.3) is 0 Å². The van der Waals surface area contributed by atoms with Crippen molar-refractivity contribution in [3.8, 4) is 0 Å². The van der Waals surface area contributed by atoms with E-state index < -0.39 is 0 Å². The first-order valence-corrected chi connectivity index (χ1v) is 6.77. The Morgan fingerprint density at radius 1 is 1.35 bits per heavy atom. The van der Waals surface area contributed by atoms with Gasteiger partial charge in [-0.3, -0.25) is 4.79 Å². The summed E-state index contributed by atoms with van der Waals surface area (Å²) in [6, 6.07) is 0.389. The fourth-order valence-electron chi connectivity index (χ4n) is 2.88. The number of likely N-dealkylation sites (tertiary alicyclic amines) is 2. The summed E-state index contributed by atoms with van der Waals surface area (Å²) in [5.41, 5.74) is 0. The summed E-state index contributed by atoms with van der Waals surface area (Å²) in [5.74, 6) is 1.64. The Labute approximate surface area is 104 Å². The van der Waals surface area contributed by atoms with Crippen molar-refractivity contribution in [1.29, 1.82) is 0 Å². The Kier molecular flexibility index (Phi) is 3.87. The minimum absolute atomic E-state index is 0.0843. The molecule has 2 atom stereocenters. The molecular formula is C14H24N2O. The monoisotopic (exact) mass is 236 g/mol. The molecule has 0 aromatic heterocycles. The van der Waals surface area contributed by atoms with Crippen LogP contribution in [0.4, 0.5) is 0 Å². The predicted octanol–water partition coefficient (Wildman–Crippen LogP) is 1.75. The molecule has 0 aromatic carbocycles. The van der Waals surface area contributed by atoms with Gasteiger partial charge < -0.3 is 9.80 Å².